The number of carboxylic acids is 1. The molecule has 0 saturated carbocycles. The molecule has 0 amide bonds. The summed E-state index contributed by atoms with van der Waals surface area (Å²) in [5.74, 6) is -1.92. The number of hydrogen-bond donors (Lipinski definition) is 1. The van der Waals surface area contributed by atoms with E-state index in [0.717, 1.165) is 0 Å². The highest BCUT2D eigenvalue weighted by molar-refractivity contribution is 7.80. The molecule has 116 valence electrons. The number of carbonyl (C=O) groups is 1. The first-order valence-electron chi connectivity index (χ1n) is 6.69. The van der Waals surface area contributed by atoms with E-state index in [1.807, 2.05) is 6.92 Å². The van der Waals surface area contributed by atoms with Crippen molar-refractivity contribution in [1.82, 2.24) is 4.90 Å². The van der Waals surface area contributed by atoms with E-state index in [2.05, 4.69) is 4.99 Å². The Bertz CT molecular complexity index is 674. The Kier molecular flexibility index (Phi) is 4.51. The molecule has 0 spiro atoms. The Balaban J connectivity index is 2.58. The van der Waals surface area contributed by atoms with Gasteiger partial charge in [-0.1, -0.05) is 12.1 Å². The monoisotopic (exact) mass is 321 g/mol. The molecule has 2 unspecified atom stereocenters. The van der Waals surface area contributed by atoms with Crippen molar-refractivity contribution < 1.29 is 14.8 Å². The van der Waals surface area contributed by atoms with Gasteiger partial charge in [-0.3, -0.25) is 14.9 Å². The maximum Gasteiger partial charge on any atom is 0.314 e. The molecule has 2 rings (SSSR count). The Morgan fingerprint density at radius 3 is 2.77 bits per heavy atom. The summed E-state index contributed by atoms with van der Waals surface area (Å²) < 4.78 is 0. The summed E-state index contributed by atoms with van der Waals surface area (Å²) in [6.45, 7) is 3.92. The third-order valence-corrected chi connectivity index (χ3v) is 3.97. The molecule has 0 bridgehead atoms. The molecule has 1 aliphatic rings. The zero-order valence-corrected chi connectivity index (χ0v) is 12.9. The van der Waals surface area contributed by atoms with Gasteiger partial charge in [0.25, 0.3) is 5.69 Å². The third-order valence-electron chi connectivity index (χ3n) is 3.65. The van der Waals surface area contributed by atoms with Gasteiger partial charge in [0.1, 0.15) is 5.92 Å². The van der Waals surface area contributed by atoms with E-state index in [4.69, 9.17) is 12.2 Å². The summed E-state index contributed by atoms with van der Waals surface area (Å²) in [7, 11) is 0. The molecule has 0 radical (unpaired) electrons. The maximum atomic E-state index is 11.7. The fourth-order valence-corrected chi connectivity index (χ4v) is 3.04. The van der Waals surface area contributed by atoms with Crippen molar-refractivity contribution in [1.29, 1.82) is 0 Å². The number of non-ortho nitro benzene ring substituents is 1. The molecule has 1 aliphatic heterocycles. The van der Waals surface area contributed by atoms with Gasteiger partial charge in [-0.15, -0.1) is 0 Å². The van der Waals surface area contributed by atoms with Crippen molar-refractivity contribution in [2.45, 2.75) is 19.9 Å². The summed E-state index contributed by atoms with van der Waals surface area (Å²) in [6.07, 6.45) is 0. The van der Waals surface area contributed by atoms with Crippen molar-refractivity contribution >= 4 is 34.7 Å². The third kappa shape index (κ3) is 2.82. The number of nitro groups is 1. The molecule has 0 saturated heterocycles. The number of nitrogens with zero attached hydrogens (tertiary/aromatic N) is 3. The van der Waals surface area contributed by atoms with Crippen LogP contribution in [0.25, 0.3) is 0 Å². The van der Waals surface area contributed by atoms with Gasteiger partial charge in [0.2, 0.25) is 0 Å². The predicted molar refractivity (Wildman–Crippen MR) is 85.1 cm³/mol. The van der Waals surface area contributed by atoms with E-state index in [9.17, 15) is 20.0 Å². The average Bonchev–Trinajstić information content (AvgIpc) is 2.46. The van der Waals surface area contributed by atoms with Crippen molar-refractivity contribution in [3.05, 3.63) is 39.9 Å². The van der Waals surface area contributed by atoms with E-state index in [1.165, 1.54) is 12.1 Å². The lowest BCUT2D eigenvalue weighted by Gasteiger charge is -2.38. The summed E-state index contributed by atoms with van der Waals surface area (Å²) in [5, 5.41) is 20.8. The number of thiocarbonyl (C=S) groups is 1. The standard InChI is InChI=1S/C14H15N3O4S/c1-3-16-12(9-5-4-6-10(7-9)17(20)21)11(13(18)19)8(2)15-14(16)22/h4-7,11-12H,3H2,1-2H3,(H,18,19). The number of nitro benzene ring substituents is 1. The first-order chi connectivity index (χ1) is 10.4. The Morgan fingerprint density at radius 1 is 1.55 bits per heavy atom. The number of carboxylic acid groups (broad SMARTS) is 1. The molecule has 22 heavy (non-hydrogen) atoms. The summed E-state index contributed by atoms with van der Waals surface area (Å²) in [5.41, 5.74) is 0.863. The molecule has 2 atom stereocenters. The lowest BCUT2D eigenvalue weighted by molar-refractivity contribution is -0.385. The van der Waals surface area contributed by atoms with Crippen molar-refractivity contribution in [3.63, 3.8) is 0 Å². The van der Waals surface area contributed by atoms with Crippen LogP contribution in [0.3, 0.4) is 0 Å². The first kappa shape index (κ1) is 16.0. The summed E-state index contributed by atoms with van der Waals surface area (Å²) in [6, 6.07) is 5.39. The predicted octanol–water partition coefficient (Wildman–Crippen LogP) is 2.42. The number of rotatable bonds is 4. The van der Waals surface area contributed by atoms with Crippen LogP contribution in [0.1, 0.15) is 25.5 Å². The van der Waals surface area contributed by atoms with Crippen LogP contribution in [0.5, 0.6) is 0 Å². The van der Waals surface area contributed by atoms with Crippen LogP contribution in [0.2, 0.25) is 0 Å². The van der Waals surface area contributed by atoms with Crippen molar-refractivity contribution in [3.8, 4) is 0 Å². The fourth-order valence-electron chi connectivity index (χ4n) is 2.65. The minimum absolute atomic E-state index is 0.0798. The second-order valence-corrected chi connectivity index (χ2v) is 5.30. The minimum atomic E-state index is -1.03. The van der Waals surface area contributed by atoms with Gasteiger partial charge < -0.3 is 10.0 Å². The summed E-state index contributed by atoms with van der Waals surface area (Å²) in [4.78, 5) is 27.9. The average molecular weight is 321 g/mol. The smallest absolute Gasteiger partial charge is 0.314 e. The highest BCUT2D eigenvalue weighted by atomic mass is 32.1. The van der Waals surface area contributed by atoms with Gasteiger partial charge in [-0.25, -0.2) is 4.99 Å². The quantitative estimate of drug-likeness (QED) is 0.520. The normalized spacial score (nSPS) is 21.5. The van der Waals surface area contributed by atoms with Crippen LogP contribution in [0, 0.1) is 16.0 Å². The molecule has 1 aromatic carbocycles. The molecule has 1 aromatic rings. The topological polar surface area (TPSA) is 96.0 Å². The van der Waals surface area contributed by atoms with Crippen LogP contribution in [0.4, 0.5) is 5.69 Å². The largest absolute Gasteiger partial charge is 0.481 e. The van der Waals surface area contributed by atoms with Gasteiger partial charge in [0.15, 0.2) is 5.11 Å². The second kappa shape index (κ2) is 6.18. The van der Waals surface area contributed by atoms with Gasteiger partial charge in [-0.05, 0) is 31.6 Å². The van der Waals surface area contributed by atoms with Crippen LogP contribution in [0.15, 0.2) is 29.3 Å². The van der Waals surface area contributed by atoms with Crippen LogP contribution >= 0.6 is 12.2 Å². The zero-order chi connectivity index (χ0) is 16.4. The molecular formula is C14H15N3O4S. The number of hydrogen-bond acceptors (Lipinski definition) is 4. The summed E-state index contributed by atoms with van der Waals surface area (Å²) >= 11 is 5.22. The van der Waals surface area contributed by atoms with Crippen molar-refractivity contribution in [2.75, 3.05) is 6.54 Å². The molecule has 0 fully saturated rings. The van der Waals surface area contributed by atoms with Gasteiger partial charge >= 0.3 is 5.97 Å². The van der Waals surface area contributed by atoms with Crippen LogP contribution in [-0.4, -0.2) is 38.3 Å². The first-order valence-corrected chi connectivity index (χ1v) is 7.10. The Hall–Kier alpha value is -2.35. The van der Waals surface area contributed by atoms with Gasteiger partial charge in [-0.2, -0.15) is 0 Å². The lowest BCUT2D eigenvalue weighted by Crippen LogP contribution is -2.46. The fraction of sp³-hybridized carbons (Fsp3) is 0.357. The highest BCUT2D eigenvalue weighted by Crippen LogP contribution is 2.35. The molecule has 0 aromatic heterocycles. The van der Waals surface area contributed by atoms with E-state index in [-0.39, 0.29) is 5.69 Å². The van der Waals surface area contributed by atoms with Crippen LogP contribution in [-0.2, 0) is 4.79 Å². The molecule has 1 heterocycles. The van der Waals surface area contributed by atoms with Gasteiger partial charge in [0, 0.05) is 24.4 Å². The maximum absolute atomic E-state index is 11.7. The molecular weight excluding hydrogens is 306 g/mol. The van der Waals surface area contributed by atoms with E-state index in [1.54, 1.807) is 24.0 Å². The molecule has 7 nitrogen and oxygen atoms in total. The lowest BCUT2D eigenvalue weighted by atomic mass is 9.87. The Labute approximate surface area is 132 Å². The number of aliphatic imine (C=N–C) groups is 1. The zero-order valence-electron chi connectivity index (χ0n) is 12.1. The van der Waals surface area contributed by atoms with E-state index < -0.39 is 22.9 Å². The molecule has 8 heteroatoms. The highest BCUT2D eigenvalue weighted by Gasteiger charge is 2.40. The molecule has 0 aliphatic carbocycles. The number of benzene rings is 1. The van der Waals surface area contributed by atoms with E-state index >= 15 is 0 Å². The Morgan fingerprint density at radius 2 is 2.23 bits per heavy atom. The number of aliphatic carboxylic acids is 1. The second-order valence-electron chi connectivity index (χ2n) is 4.93. The SMILES string of the molecule is CCN1C(=S)N=C(C)C(C(=O)O)C1c1cccc([N+](=O)[O-])c1. The van der Waals surface area contributed by atoms with Crippen LogP contribution < -0.4 is 0 Å². The van der Waals surface area contributed by atoms with Crippen molar-refractivity contribution in [2.24, 2.45) is 10.9 Å². The minimum Gasteiger partial charge on any atom is -0.481 e. The van der Waals surface area contributed by atoms with E-state index in [0.29, 0.717) is 22.9 Å². The van der Waals surface area contributed by atoms with Gasteiger partial charge in [0.05, 0.1) is 11.0 Å². The molecule has 1 N–H and O–H groups in total.